The summed E-state index contributed by atoms with van der Waals surface area (Å²) >= 11 is 3.72. The zero-order valence-corrected chi connectivity index (χ0v) is 13.5. The number of hydrogen-bond donors (Lipinski definition) is 1. The van der Waals surface area contributed by atoms with Crippen LogP contribution in [0, 0.1) is 19.8 Å². The van der Waals surface area contributed by atoms with E-state index in [1.807, 2.05) is 0 Å². The minimum Gasteiger partial charge on any atom is -0.310 e. The topological polar surface area (TPSA) is 12.0 Å². The molecule has 2 unspecified atom stereocenters. The summed E-state index contributed by atoms with van der Waals surface area (Å²) in [6.45, 7) is 10.1. The van der Waals surface area contributed by atoms with E-state index in [4.69, 9.17) is 0 Å². The van der Waals surface area contributed by atoms with Gasteiger partial charge in [0.2, 0.25) is 0 Å². The lowest BCUT2D eigenvalue weighted by Crippen LogP contribution is -2.23. The van der Waals surface area contributed by atoms with Gasteiger partial charge >= 0.3 is 0 Å². The Balaban J connectivity index is 2.54. The summed E-state index contributed by atoms with van der Waals surface area (Å²) in [5.74, 6) is 0.805. The van der Waals surface area contributed by atoms with Crippen LogP contribution >= 0.6 is 15.9 Å². The largest absolute Gasteiger partial charge is 0.310 e. The number of hydrogen-bond acceptors (Lipinski definition) is 1. The second kappa shape index (κ2) is 5.75. The summed E-state index contributed by atoms with van der Waals surface area (Å²) in [5.41, 5.74) is 6.02. The van der Waals surface area contributed by atoms with Crippen molar-refractivity contribution in [2.45, 2.75) is 53.0 Å². The Hall–Kier alpha value is -0.340. The van der Waals surface area contributed by atoms with Crippen molar-refractivity contribution >= 4 is 15.9 Å². The molecule has 100 valence electrons. The van der Waals surface area contributed by atoms with Crippen molar-refractivity contribution in [3.8, 4) is 0 Å². The molecule has 0 spiro atoms. The van der Waals surface area contributed by atoms with Crippen LogP contribution in [-0.2, 0) is 6.42 Å². The maximum atomic E-state index is 3.72. The molecule has 0 fully saturated rings. The third-order valence-corrected chi connectivity index (χ3v) is 5.05. The van der Waals surface area contributed by atoms with Crippen molar-refractivity contribution in [3.05, 3.63) is 32.8 Å². The van der Waals surface area contributed by atoms with Crippen LogP contribution in [0.15, 0.2) is 10.5 Å². The number of rotatable bonds is 2. The average molecular weight is 310 g/mol. The number of halogens is 1. The van der Waals surface area contributed by atoms with Crippen LogP contribution in [0.25, 0.3) is 0 Å². The Bertz CT molecular complexity index is 439. The molecule has 1 aromatic carbocycles. The fourth-order valence-electron chi connectivity index (χ4n) is 3.22. The van der Waals surface area contributed by atoms with Gasteiger partial charge in [0.25, 0.3) is 0 Å². The van der Waals surface area contributed by atoms with Crippen LogP contribution < -0.4 is 5.32 Å². The highest BCUT2D eigenvalue weighted by Crippen LogP contribution is 2.38. The lowest BCUT2D eigenvalue weighted by Gasteiger charge is -2.24. The molecule has 0 bridgehead atoms. The Labute approximate surface area is 119 Å². The SMILES string of the molecule is CCNC1CC(C)CCc2c(C)cc(Br)c(C)c21. The Morgan fingerprint density at radius 3 is 2.78 bits per heavy atom. The fraction of sp³-hybridized carbons (Fsp3) is 0.625. The van der Waals surface area contributed by atoms with Gasteiger partial charge in [0.05, 0.1) is 0 Å². The first kappa shape index (κ1) is 14.1. The van der Waals surface area contributed by atoms with Crippen molar-refractivity contribution < 1.29 is 0 Å². The molecule has 0 heterocycles. The summed E-state index contributed by atoms with van der Waals surface area (Å²) in [5, 5.41) is 3.69. The van der Waals surface area contributed by atoms with Gasteiger partial charge in [-0.25, -0.2) is 0 Å². The zero-order chi connectivity index (χ0) is 13.3. The van der Waals surface area contributed by atoms with Crippen molar-refractivity contribution in [1.82, 2.24) is 5.32 Å². The van der Waals surface area contributed by atoms with Gasteiger partial charge in [0.15, 0.2) is 0 Å². The van der Waals surface area contributed by atoms with Gasteiger partial charge in [-0.3, -0.25) is 0 Å². The van der Waals surface area contributed by atoms with Crippen LogP contribution in [0.5, 0.6) is 0 Å². The van der Waals surface area contributed by atoms with E-state index < -0.39 is 0 Å². The highest BCUT2D eigenvalue weighted by Gasteiger charge is 2.25. The number of aryl methyl sites for hydroxylation is 1. The molecule has 0 aromatic heterocycles. The first-order chi connectivity index (χ1) is 8.54. The molecule has 1 N–H and O–H groups in total. The third-order valence-electron chi connectivity index (χ3n) is 4.23. The van der Waals surface area contributed by atoms with E-state index in [9.17, 15) is 0 Å². The summed E-state index contributed by atoms with van der Waals surface area (Å²) in [6.07, 6.45) is 3.81. The number of fused-ring (bicyclic) bond motifs is 1. The average Bonchev–Trinajstić information content (AvgIpc) is 2.47. The molecule has 2 rings (SSSR count). The van der Waals surface area contributed by atoms with Crippen molar-refractivity contribution in [2.24, 2.45) is 5.92 Å². The molecule has 0 radical (unpaired) electrons. The van der Waals surface area contributed by atoms with Gasteiger partial charge in [0.1, 0.15) is 0 Å². The molecule has 0 aliphatic heterocycles. The monoisotopic (exact) mass is 309 g/mol. The lowest BCUT2D eigenvalue weighted by atomic mass is 9.90. The normalized spacial score (nSPS) is 23.6. The molecule has 0 amide bonds. The second-order valence-electron chi connectivity index (χ2n) is 5.68. The van der Waals surface area contributed by atoms with Gasteiger partial charge in [-0.05, 0) is 73.9 Å². The van der Waals surface area contributed by atoms with E-state index in [0.29, 0.717) is 6.04 Å². The standard InChI is InChI=1S/C16H24BrN/c1-5-18-15-8-10(2)6-7-13-11(3)9-14(17)12(4)16(13)15/h9-10,15,18H,5-8H2,1-4H3. The van der Waals surface area contributed by atoms with Crippen LogP contribution in [0.2, 0.25) is 0 Å². The summed E-state index contributed by atoms with van der Waals surface area (Å²) in [6, 6.07) is 2.81. The Kier molecular flexibility index (Phi) is 4.50. The van der Waals surface area contributed by atoms with Crippen molar-refractivity contribution in [2.75, 3.05) is 6.54 Å². The smallest absolute Gasteiger partial charge is 0.0328 e. The summed E-state index contributed by atoms with van der Waals surface area (Å²) < 4.78 is 1.26. The van der Waals surface area contributed by atoms with E-state index in [-0.39, 0.29) is 0 Å². The predicted octanol–water partition coefficient (Wildman–Crippen LogP) is 4.69. The summed E-state index contributed by atoms with van der Waals surface area (Å²) in [4.78, 5) is 0. The molecule has 2 heteroatoms. The number of benzene rings is 1. The van der Waals surface area contributed by atoms with Gasteiger partial charge in [0, 0.05) is 10.5 Å². The Morgan fingerprint density at radius 2 is 2.11 bits per heavy atom. The van der Waals surface area contributed by atoms with Crippen molar-refractivity contribution in [3.63, 3.8) is 0 Å². The maximum Gasteiger partial charge on any atom is 0.0328 e. The highest BCUT2D eigenvalue weighted by atomic mass is 79.9. The quantitative estimate of drug-likeness (QED) is 0.782. The van der Waals surface area contributed by atoms with E-state index in [1.54, 1.807) is 11.1 Å². The van der Waals surface area contributed by atoms with E-state index >= 15 is 0 Å². The molecule has 1 aromatic rings. The molecular weight excluding hydrogens is 286 g/mol. The first-order valence-electron chi connectivity index (χ1n) is 7.06. The molecule has 1 nitrogen and oxygen atoms in total. The zero-order valence-electron chi connectivity index (χ0n) is 11.9. The fourth-order valence-corrected chi connectivity index (χ4v) is 3.77. The third kappa shape index (κ3) is 2.65. The van der Waals surface area contributed by atoms with Gasteiger partial charge in [-0.15, -0.1) is 0 Å². The van der Waals surface area contributed by atoms with Crippen LogP contribution in [-0.4, -0.2) is 6.54 Å². The van der Waals surface area contributed by atoms with Crippen LogP contribution in [0.1, 0.15) is 55.0 Å². The number of nitrogens with one attached hydrogen (secondary N) is 1. The minimum atomic E-state index is 0.527. The molecule has 0 saturated heterocycles. The molecule has 2 atom stereocenters. The molecular formula is C16H24BrN. The van der Waals surface area contributed by atoms with Gasteiger partial charge in [-0.2, -0.15) is 0 Å². The van der Waals surface area contributed by atoms with Crippen molar-refractivity contribution in [1.29, 1.82) is 0 Å². The highest BCUT2D eigenvalue weighted by molar-refractivity contribution is 9.10. The van der Waals surface area contributed by atoms with Crippen LogP contribution in [0.3, 0.4) is 0 Å². The first-order valence-corrected chi connectivity index (χ1v) is 7.85. The molecule has 0 saturated carbocycles. The lowest BCUT2D eigenvalue weighted by molar-refractivity contribution is 0.414. The maximum absolute atomic E-state index is 3.72. The molecule has 18 heavy (non-hydrogen) atoms. The minimum absolute atomic E-state index is 0.527. The Morgan fingerprint density at radius 1 is 1.39 bits per heavy atom. The van der Waals surface area contributed by atoms with Gasteiger partial charge in [-0.1, -0.05) is 29.8 Å². The van der Waals surface area contributed by atoms with E-state index in [2.05, 4.69) is 55.0 Å². The predicted molar refractivity (Wildman–Crippen MR) is 82.1 cm³/mol. The van der Waals surface area contributed by atoms with Gasteiger partial charge < -0.3 is 5.32 Å². The van der Waals surface area contributed by atoms with E-state index in [0.717, 1.165) is 12.5 Å². The van der Waals surface area contributed by atoms with Crippen LogP contribution in [0.4, 0.5) is 0 Å². The summed E-state index contributed by atoms with van der Waals surface area (Å²) in [7, 11) is 0. The van der Waals surface area contributed by atoms with E-state index in [1.165, 1.54) is 34.9 Å². The second-order valence-corrected chi connectivity index (χ2v) is 6.54. The molecule has 1 aliphatic carbocycles. The molecule has 1 aliphatic rings.